The monoisotopic (exact) mass is 330 g/mol. The minimum Gasteiger partial charge on any atom is -0.372 e. The summed E-state index contributed by atoms with van der Waals surface area (Å²) in [5, 5.41) is 6.45. The fourth-order valence-corrected chi connectivity index (χ4v) is 2.38. The molecule has 6 heteroatoms. The van der Waals surface area contributed by atoms with E-state index >= 15 is 0 Å². The normalized spacial score (nSPS) is 13.8. The van der Waals surface area contributed by atoms with Crippen LogP contribution in [0.3, 0.4) is 0 Å². The average molecular weight is 330 g/mol. The lowest BCUT2D eigenvalue weighted by Crippen LogP contribution is -2.38. The minimum atomic E-state index is -0.730. The Morgan fingerprint density at radius 1 is 1.12 bits per heavy atom. The number of anilines is 1. The molecule has 1 fully saturated rings. The molecule has 0 bridgehead atoms. The molecule has 6 nitrogen and oxygen atoms in total. The van der Waals surface area contributed by atoms with Gasteiger partial charge in [0.15, 0.2) is 0 Å². The molecule has 2 N–H and O–H groups in total. The Labute approximate surface area is 143 Å². The SMILES string of the molecule is CCCN(CCC)c1ccc(/C=N\NC(=O)C(=O)NC2CC2)cc1. The Kier molecular flexibility index (Phi) is 6.78. The average Bonchev–Trinajstić information content (AvgIpc) is 3.39. The van der Waals surface area contributed by atoms with Gasteiger partial charge in [-0.25, -0.2) is 5.43 Å². The molecule has 1 aromatic carbocycles. The van der Waals surface area contributed by atoms with E-state index in [1.165, 1.54) is 11.9 Å². The van der Waals surface area contributed by atoms with E-state index in [-0.39, 0.29) is 6.04 Å². The van der Waals surface area contributed by atoms with E-state index in [0.29, 0.717) is 0 Å². The molecule has 0 atom stereocenters. The van der Waals surface area contributed by atoms with E-state index in [1.54, 1.807) is 0 Å². The van der Waals surface area contributed by atoms with Gasteiger partial charge in [0.05, 0.1) is 6.21 Å². The number of benzene rings is 1. The Bertz CT molecular complexity index is 573. The summed E-state index contributed by atoms with van der Waals surface area (Å²) in [5.74, 6) is -1.35. The van der Waals surface area contributed by atoms with E-state index in [0.717, 1.165) is 44.3 Å². The maximum absolute atomic E-state index is 11.5. The van der Waals surface area contributed by atoms with Crippen molar-refractivity contribution in [1.82, 2.24) is 10.7 Å². The molecule has 1 saturated carbocycles. The van der Waals surface area contributed by atoms with Gasteiger partial charge < -0.3 is 10.2 Å². The maximum atomic E-state index is 11.5. The molecule has 0 aliphatic heterocycles. The van der Waals surface area contributed by atoms with Gasteiger partial charge in [0.25, 0.3) is 0 Å². The van der Waals surface area contributed by atoms with Gasteiger partial charge in [0, 0.05) is 24.8 Å². The van der Waals surface area contributed by atoms with E-state index in [4.69, 9.17) is 0 Å². The van der Waals surface area contributed by atoms with Crippen LogP contribution in [0, 0.1) is 0 Å². The molecular formula is C18H26N4O2. The van der Waals surface area contributed by atoms with Gasteiger partial charge in [-0.2, -0.15) is 5.10 Å². The molecule has 2 amide bonds. The second-order valence-electron chi connectivity index (χ2n) is 6.03. The van der Waals surface area contributed by atoms with Crippen LogP contribution in [-0.2, 0) is 9.59 Å². The summed E-state index contributed by atoms with van der Waals surface area (Å²) in [6.07, 6.45) is 5.65. The van der Waals surface area contributed by atoms with E-state index < -0.39 is 11.8 Å². The fourth-order valence-electron chi connectivity index (χ4n) is 2.38. The third-order valence-electron chi connectivity index (χ3n) is 3.74. The summed E-state index contributed by atoms with van der Waals surface area (Å²) in [4.78, 5) is 25.4. The predicted octanol–water partition coefficient (Wildman–Crippen LogP) is 2.04. The molecule has 0 radical (unpaired) electrons. The number of amides is 2. The lowest BCUT2D eigenvalue weighted by Gasteiger charge is -2.23. The van der Waals surface area contributed by atoms with Crippen molar-refractivity contribution in [1.29, 1.82) is 0 Å². The Hall–Kier alpha value is -2.37. The van der Waals surface area contributed by atoms with Crippen molar-refractivity contribution in [2.75, 3.05) is 18.0 Å². The number of carbonyl (C=O) groups is 2. The first-order valence-electron chi connectivity index (χ1n) is 8.63. The molecule has 0 aromatic heterocycles. The first-order chi connectivity index (χ1) is 11.6. The molecule has 1 aliphatic rings. The van der Waals surface area contributed by atoms with Crippen molar-refractivity contribution < 1.29 is 9.59 Å². The molecule has 1 aliphatic carbocycles. The molecule has 0 saturated heterocycles. The number of rotatable bonds is 8. The number of nitrogens with zero attached hydrogens (tertiary/aromatic N) is 2. The summed E-state index contributed by atoms with van der Waals surface area (Å²) >= 11 is 0. The minimum absolute atomic E-state index is 0.161. The van der Waals surface area contributed by atoms with Gasteiger partial charge in [-0.15, -0.1) is 0 Å². The second kappa shape index (κ2) is 9.05. The fraction of sp³-hybridized carbons (Fsp3) is 0.500. The lowest BCUT2D eigenvalue weighted by molar-refractivity contribution is -0.139. The summed E-state index contributed by atoms with van der Waals surface area (Å²) < 4.78 is 0. The van der Waals surface area contributed by atoms with Crippen molar-refractivity contribution in [2.45, 2.75) is 45.6 Å². The first kappa shape index (κ1) is 18.0. The van der Waals surface area contributed by atoms with Gasteiger partial charge in [-0.3, -0.25) is 9.59 Å². The largest absolute Gasteiger partial charge is 0.372 e. The smallest absolute Gasteiger partial charge is 0.329 e. The van der Waals surface area contributed by atoms with Crippen molar-refractivity contribution in [3.63, 3.8) is 0 Å². The predicted molar refractivity (Wildman–Crippen MR) is 96.1 cm³/mol. The Balaban J connectivity index is 1.85. The first-order valence-corrected chi connectivity index (χ1v) is 8.63. The highest BCUT2D eigenvalue weighted by Gasteiger charge is 2.26. The van der Waals surface area contributed by atoms with Gasteiger partial charge in [-0.05, 0) is 43.4 Å². The summed E-state index contributed by atoms with van der Waals surface area (Å²) in [6.45, 7) is 6.42. The van der Waals surface area contributed by atoms with Crippen molar-refractivity contribution in [3.05, 3.63) is 29.8 Å². The molecule has 24 heavy (non-hydrogen) atoms. The van der Waals surface area contributed by atoms with E-state index in [9.17, 15) is 9.59 Å². The van der Waals surface area contributed by atoms with Crippen LogP contribution >= 0.6 is 0 Å². The number of hydrogen-bond acceptors (Lipinski definition) is 4. The van der Waals surface area contributed by atoms with E-state index in [1.807, 2.05) is 24.3 Å². The van der Waals surface area contributed by atoms with Crippen LogP contribution in [0.2, 0.25) is 0 Å². The van der Waals surface area contributed by atoms with Crippen LogP contribution in [0.15, 0.2) is 29.4 Å². The highest BCUT2D eigenvalue weighted by atomic mass is 16.2. The molecule has 130 valence electrons. The molecule has 1 aromatic rings. The summed E-state index contributed by atoms with van der Waals surface area (Å²) in [5.41, 5.74) is 4.30. The van der Waals surface area contributed by atoms with Gasteiger partial charge in [-0.1, -0.05) is 26.0 Å². The zero-order valence-electron chi connectivity index (χ0n) is 14.4. The van der Waals surface area contributed by atoms with Crippen LogP contribution in [0.5, 0.6) is 0 Å². The van der Waals surface area contributed by atoms with Crippen LogP contribution in [0.4, 0.5) is 5.69 Å². The number of hydrazone groups is 1. The number of carbonyl (C=O) groups excluding carboxylic acids is 2. The highest BCUT2D eigenvalue weighted by molar-refractivity contribution is 6.35. The number of nitrogens with one attached hydrogen (secondary N) is 2. The van der Waals surface area contributed by atoms with Gasteiger partial charge in [0.1, 0.15) is 0 Å². The van der Waals surface area contributed by atoms with Crippen molar-refractivity contribution >= 4 is 23.7 Å². The second-order valence-corrected chi connectivity index (χ2v) is 6.03. The van der Waals surface area contributed by atoms with Crippen molar-refractivity contribution in [3.8, 4) is 0 Å². The van der Waals surface area contributed by atoms with Crippen LogP contribution < -0.4 is 15.6 Å². The van der Waals surface area contributed by atoms with E-state index in [2.05, 4.69) is 34.6 Å². The Morgan fingerprint density at radius 2 is 1.75 bits per heavy atom. The molecular weight excluding hydrogens is 304 g/mol. The Morgan fingerprint density at radius 3 is 2.29 bits per heavy atom. The molecule has 0 heterocycles. The van der Waals surface area contributed by atoms with Crippen LogP contribution in [0.25, 0.3) is 0 Å². The number of hydrogen-bond donors (Lipinski definition) is 2. The van der Waals surface area contributed by atoms with Crippen LogP contribution in [-0.4, -0.2) is 37.2 Å². The molecule has 0 spiro atoms. The zero-order chi connectivity index (χ0) is 17.4. The van der Waals surface area contributed by atoms with Gasteiger partial charge >= 0.3 is 11.8 Å². The quantitative estimate of drug-likeness (QED) is 0.435. The zero-order valence-corrected chi connectivity index (χ0v) is 14.4. The summed E-state index contributed by atoms with van der Waals surface area (Å²) in [7, 11) is 0. The third kappa shape index (κ3) is 5.68. The molecule has 0 unspecified atom stereocenters. The molecule has 2 rings (SSSR count). The summed E-state index contributed by atoms with van der Waals surface area (Å²) in [6, 6.07) is 8.16. The topological polar surface area (TPSA) is 73.8 Å². The highest BCUT2D eigenvalue weighted by Crippen LogP contribution is 2.18. The standard InChI is InChI=1S/C18H26N4O2/c1-3-11-22(12-4-2)16-9-5-14(6-10-16)13-19-21-18(24)17(23)20-15-7-8-15/h5-6,9-10,13,15H,3-4,7-8,11-12H2,1-2H3,(H,20,23)(H,21,24)/b19-13-. The third-order valence-corrected chi connectivity index (χ3v) is 3.74. The van der Waals surface area contributed by atoms with Crippen molar-refractivity contribution in [2.24, 2.45) is 5.10 Å². The van der Waals surface area contributed by atoms with Gasteiger partial charge in [0.2, 0.25) is 0 Å². The lowest BCUT2D eigenvalue weighted by atomic mass is 10.2. The van der Waals surface area contributed by atoms with Crippen LogP contribution in [0.1, 0.15) is 45.1 Å². The maximum Gasteiger partial charge on any atom is 0.329 e.